The minimum absolute atomic E-state index is 0.348. The fourth-order valence-electron chi connectivity index (χ4n) is 1.36. The van der Waals surface area contributed by atoms with E-state index in [4.69, 9.17) is 5.11 Å². The minimum atomic E-state index is 0.348. The van der Waals surface area contributed by atoms with Crippen LogP contribution in [0.25, 0.3) is 0 Å². The molecule has 1 heteroatoms. The molecule has 0 heterocycles. The Bertz CT molecular complexity index is 91.0. The Morgan fingerprint density at radius 3 is 2.08 bits per heavy atom. The van der Waals surface area contributed by atoms with Gasteiger partial charge in [0.2, 0.25) is 0 Å². The molecular weight excluding hydrogens is 148 g/mol. The molecule has 74 valence electrons. The number of rotatable bonds is 7. The first-order chi connectivity index (χ1) is 5.70. The highest BCUT2D eigenvalue weighted by Gasteiger charge is 2.04. The summed E-state index contributed by atoms with van der Waals surface area (Å²) in [7, 11) is 0. The van der Waals surface area contributed by atoms with Gasteiger partial charge < -0.3 is 5.11 Å². The second kappa shape index (κ2) is 7.60. The Balaban J connectivity index is 3.24. The monoisotopic (exact) mass is 172 g/mol. The zero-order valence-electron chi connectivity index (χ0n) is 8.84. The summed E-state index contributed by atoms with van der Waals surface area (Å²) in [5, 5.41) is 8.82. The molecule has 0 saturated heterocycles. The Kier molecular flexibility index (Phi) is 7.58. The van der Waals surface area contributed by atoms with Crippen LogP contribution in [-0.4, -0.2) is 11.7 Å². The van der Waals surface area contributed by atoms with Crippen molar-refractivity contribution in [3.05, 3.63) is 0 Å². The topological polar surface area (TPSA) is 20.2 Å². The molecular formula is C11H24O. The standard InChI is InChI=1S/C11H24O/c1-4-5-6-10(2)7-8-11(3)9-12/h10-12H,4-9H2,1-3H3. The predicted molar refractivity (Wildman–Crippen MR) is 54.2 cm³/mol. The Labute approximate surface area is 77.2 Å². The van der Waals surface area contributed by atoms with E-state index in [1.54, 1.807) is 0 Å². The van der Waals surface area contributed by atoms with Gasteiger partial charge in [-0.2, -0.15) is 0 Å². The summed E-state index contributed by atoms with van der Waals surface area (Å²) in [5.74, 6) is 1.34. The highest BCUT2D eigenvalue weighted by atomic mass is 16.3. The zero-order valence-corrected chi connectivity index (χ0v) is 8.84. The first kappa shape index (κ1) is 12.0. The largest absolute Gasteiger partial charge is 0.396 e. The van der Waals surface area contributed by atoms with Crippen molar-refractivity contribution < 1.29 is 5.11 Å². The Hall–Kier alpha value is -0.0400. The fourth-order valence-corrected chi connectivity index (χ4v) is 1.36. The summed E-state index contributed by atoms with van der Waals surface area (Å²) < 4.78 is 0. The molecule has 1 N–H and O–H groups in total. The van der Waals surface area contributed by atoms with Crippen LogP contribution in [0.15, 0.2) is 0 Å². The maximum atomic E-state index is 8.82. The first-order valence-electron chi connectivity index (χ1n) is 5.31. The average molecular weight is 172 g/mol. The van der Waals surface area contributed by atoms with E-state index < -0.39 is 0 Å². The number of aliphatic hydroxyl groups is 1. The second-order valence-corrected chi connectivity index (χ2v) is 4.11. The van der Waals surface area contributed by atoms with Gasteiger partial charge in [-0.15, -0.1) is 0 Å². The summed E-state index contributed by atoms with van der Waals surface area (Å²) in [6.07, 6.45) is 6.48. The number of aliphatic hydroxyl groups excluding tert-OH is 1. The molecule has 0 bridgehead atoms. The normalized spacial score (nSPS) is 16.0. The summed E-state index contributed by atoms with van der Waals surface area (Å²) in [6, 6.07) is 0. The van der Waals surface area contributed by atoms with Crippen molar-refractivity contribution in [2.45, 2.75) is 52.9 Å². The Morgan fingerprint density at radius 2 is 1.58 bits per heavy atom. The number of hydrogen-bond acceptors (Lipinski definition) is 1. The lowest BCUT2D eigenvalue weighted by atomic mass is 9.95. The van der Waals surface area contributed by atoms with Crippen molar-refractivity contribution in [3.8, 4) is 0 Å². The molecule has 12 heavy (non-hydrogen) atoms. The SMILES string of the molecule is CCCCC(C)CCC(C)CO. The van der Waals surface area contributed by atoms with Crippen LogP contribution in [0.5, 0.6) is 0 Å². The van der Waals surface area contributed by atoms with Gasteiger partial charge in [0.05, 0.1) is 0 Å². The van der Waals surface area contributed by atoms with Crippen LogP contribution in [0.1, 0.15) is 52.9 Å². The van der Waals surface area contributed by atoms with Crippen LogP contribution in [-0.2, 0) is 0 Å². The highest BCUT2D eigenvalue weighted by molar-refractivity contribution is 4.57. The molecule has 0 aromatic rings. The molecule has 2 unspecified atom stereocenters. The smallest absolute Gasteiger partial charge is 0.0456 e. The van der Waals surface area contributed by atoms with E-state index in [1.165, 1.54) is 32.1 Å². The van der Waals surface area contributed by atoms with Gasteiger partial charge in [-0.3, -0.25) is 0 Å². The van der Waals surface area contributed by atoms with Gasteiger partial charge in [-0.25, -0.2) is 0 Å². The lowest BCUT2D eigenvalue weighted by Gasteiger charge is -2.13. The zero-order chi connectivity index (χ0) is 9.40. The quantitative estimate of drug-likeness (QED) is 0.625. The summed E-state index contributed by atoms with van der Waals surface area (Å²) in [4.78, 5) is 0. The maximum Gasteiger partial charge on any atom is 0.0456 e. The van der Waals surface area contributed by atoms with Crippen LogP contribution < -0.4 is 0 Å². The first-order valence-corrected chi connectivity index (χ1v) is 5.31. The van der Waals surface area contributed by atoms with E-state index in [0.29, 0.717) is 12.5 Å². The van der Waals surface area contributed by atoms with Crippen molar-refractivity contribution in [2.24, 2.45) is 11.8 Å². The van der Waals surface area contributed by atoms with Crippen molar-refractivity contribution in [1.29, 1.82) is 0 Å². The van der Waals surface area contributed by atoms with Gasteiger partial charge in [0, 0.05) is 6.61 Å². The van der Waals surface area contributed by atoms with Gasteiger partial charge >= 0.3 is 0 Å². The lowest BCUT2D eigenvalue weighted by molar-refractivity contribution is 0.221. The molecule has 0 aliphatic rings. The van der Waals surface area contributed by atoms with E-state index in [9.17, 15) is 0 Å². The summed E-state index contributed by atoms with van der Waals surface area (Å²) in [5.41, 5.74) is 0. The van der Waals surface area contributed by atoms with Crippen LogP contribution in [0.2, 0.25) is 0 Å². The third-order valence-electron chi connectivity index (χ3n) is 2.51. The molecule has 1 nitrogen and oxygen atoms in total. The van der Waals surface area contributed by atoms with Crippen molar-refractivity contribution in [2.75, 3.05) is 6.61 Å². The molecule has 0 amide bonds. The predicted octanol–water partition coefficient (Wildman–Crippen LogP) is 3.22. The van der Waals surface area contributed by atoms with Crippen molar-refractivity contribution >= 4 is 0 Å². The minimum Gasteiger partial charge on any atom is -0.396 e. The van der Waals surface area contributed by atoms with Crippen LogP contribution in [0, 0.1) is 11.8 Å². The van der Waals surface area contributed by atoms with Gasteiger partial charge in [0.15, 0.2) is 0 Å². The summed E-state index contributed by atoms with van der Waals surface area (Å²) >= 11 is 0. The summed E-state index contributed by atoms with van der Waals surface area (Å²) in [6.45, 7) is 7.02. The highest BCUT2D eigenvalue weighted by Crippen LogP contribution is 2.16. The van der Waals surface area contributed by atoms with Crippen molar-refractivity contribution in [1.82, 2.24) is 0 Å². The number of hydrogen-bond donors (Lipinski definition) is 1. The third kappa shape index (κ3) is 6.66. The molecule has 0 aromatic heterocycles. The lowest BCUT2D eigenvalue weighted by Crippen LogP contribution is -2.03. The van der Waals surface area contributed by atoms with Gasteiger partial charge in [0.1, 0.15) is 0 Å². The van der Waals surface area contributed by atoms with E-state index in [1.807, 2.05) is 0 Å². The molecule has 0 aliphatic carbocycles. The number of unbranched alkanes of at least 4 members (excludes halogenated alkanes) is 1. The van der Waals surface area contributed by atoms with Crippen LogP contribution in [0.3, 0.4) is 0 Å². The molecule has 0 spiro atoms. The second-order valence-electron chi connectivity index (χ2n) is 4.11. The van der Waals surface area contributed by atoms with Gasteiger partial charge in [-0.1, -0.05) is 46.5 Å². The Morgan fingerprint density at radius 1 is 1.00 bits per heavy atom. The average Bonchev–Trinajstić information content (AvgIpc) is 2.10. The molecule has 0 aromatic carbocycles. The molecule has 0 rings (SSSR count). The maximum absolute atomic E-state index is 8.82. The van der Waals surface area contributed by atoms with E-state index in [2.05, 4.69) is 20.8 Å². The molecule has 0 fully saturated rings. The van der Waals surface area contributed by atoms with Gasteiger partial charge in [0.25, 0.3) is 0 Å². The third-order valence-corrected chi connectivity index (χ3v) is 2.51. The van der Waals surface area contributed by atoms with E-state index in [-0.39, 0.29) is 0 Å². The van der Waals surface area contributed by atoms with Gasteiger partial charge in [-0.05, 0) is 18.3 Å². The van der Waals surface area contributed by atoms with Crippen LogP contribution in [0.4, 0.5) is 0 Å². The molecule has 0 radical (unpaired) electrons. The van der Waals surface area contributed by atoms with E-state index in [0.717, 1.165) is 5.92 Å². The molecule has 0 saturated carbocycles. The molecule has 0 aliphatic heterocycles. The van der Waals surface area contributed by atoms with Crippen molar-refractivity contribution in [3.63, 3.8) is 0 Å². The van der Waals surface area contributed by atoms with Crippen LogP contribution >= 0.6 is 0 Å². The molecule has 2 atom stereocenters. The van der Waals surface area contributed by atoms with E-state index >= 15 is 0 Å². The fraction of sp³-hybridized carbons (Fsp3) is 1.00.